The second-order valence-corrected chi connectivity index (χ2v) is 3.21. The minimum Gasteiger partial charge on any atom is -0.392 e. The Morgan fingerprint density at radius 2 is 2.91 bits per heavy atom. The number of hydrogen-bond donors (Lipinski definition) is 1. The van der Waals surface area contributed by atoms with E-state index in [9.17, 15) is 0 Å². The van der Waals surface area contributed by atoms with Crippen molar-refractivity contribution in [3.63, 3.8) is 0 Å². The normalized spacial score (nSPS) is 29.9. The summed E-state index contributed by atoms with van der Waals surface area (Å²) >= 11 is 0. The third-order valence-electron chi connectivity index (χ3n) is 2.29. The Morgan fingerprint density at radius 3 is 3.36 bits per heavy atom. The highest BCUT2D eigenvalue weighted by Gasteiger charge is 2.13. The molecule has 0 spiro atoms. The van der Waals surface area contributed by atoms with Crippen molar-refractivity contribution in [2.75, 3.05) is 6.58 Å². The molecule has 1 N–H and O–H groups in total. The lowest BCUT2D eigenvalue weighted by Gasteiger charge is -2.20. The van der Waals surface area contributed by atoms with E-state index in [-0.39, 0.29) is 0 Å². The highest BCUT2D eigenvalue weighted by atomic mass is 16.3. The van der Waals surface area contributed by atoms with Gasteiger partial charge in [-0.3, -0.25) is 0 Å². The molecule has 0 amide bonds. The predicted molar refractivity (Wildman–Crippen MR) is 47.3 cm³/mol. The summed E-state index contributed by atoms with van der Waals surface area (Å²) in [6.45, 7) is 5.18. The maximum Gasteiger partial charge on any atom is 0.211 e. The quantitative estimate of drug-likeness (QED) is 0.618. The Labute approximate surface area is 71.3 Å². The molecule has 1 aliphatic carbocycles. The average molecular weight is 154 g/mol. The number of allylic oxidation sites excluding steroid dienone is 2. The van der Waals surface area contributed by atoms with Gasteiger partial charge < -0.3 is 5.11 Å². The van der Waals surface area contributed by atoms with Gasteiger partial charge in [-0.2, -0.15) is 0 Å². The molecule has 0 saturated heterocycles. The van der Waals surface area contributed by atoms with Gasteiger partial charge in [0.05, 0.1) is 7.95 Å². The van der Waals surface area contributed by atoms with Crippen molar-refractivity contribution in [2.45, 2.75) is 26.2 Å². The second kappa shape index (κ2) is 3.72. The fourth-order valence-electron chi connectivity index (χ4n) is 1.41. The molecule has 1 aliphatic rings. The average Bonchev–Trinajstić information content (AvgIpc) is 2.17. The minimum atomic E-state index is -0.786. The number of aliphatic hydroxyl groups is 1. The van der Waals surface area contributed by atoms with E-state index in [4.69, 9.17) is 2.80 Å². The molecule has 0 bridgehead atoms. The van der Waals surface area contributed by atoms with Crippen LogP contribution in [-0.2, 0) is 0 Å². The topological polar surface area (TPSA) is 20.2 Å². The molecular weight excluding hydrogens is 136 g/mol. The molecule has 0 aromatic heterocycles. The van der Waals surface area contributed by atoms with Crippen LogP contribution in [0.25, 0.3) is 0 Å². The van der Waals surface area contributed by atoms with E-state index in [0.717, 1.165) is 24.8 Å². The molecule has 1 heteroatoms. The van der Waals surface area contributed by atoms with Crippen molar-refractivity contribution in [3.8, 4) is 0 Å². The molecule has 11 heavy (non-hydrogen) atoms. The van der Waals surface area contributed by atoms with Crippen LogP contribution in [0, 0.1) is 5.92 Å². The van der Waals surface area contributed by atoms with Gasteiger partial charge in [0.25, 0.3) is 0 Å². The lowest BCUT2D eigenvalue weighted by molar-refractivity contribution is 0.319. The molecule has 1 unspecified atom stereocenters. The Kier molecular flexibility index (Phi) is 2.03. The summed E-state index contributed by atoms with van der Waals surface area (Å²) < 4.78 is 14.0. The van der Waals surface area contributed by atoms with Crippen molar-refractivity contribution in [1.29, 1.82) is 1.43 Å². The van der Waals surface area contributed by atoms with Crippen LogP contribution in [0.2, 0.25) is 0 Å². The SMILES string of the molecule is [2H]OC([2H])C1=CC[C@@H](C(=C)C)CC1. The summed E-state index contributed by atoms with van der Waals surface area (Å²) in [5.41, 5.74) is 2.15. The van der Waals surface area contributed by atoms with Gasteiger partial charge in [-0.25, -0.2) is 0 Å². The van der Waals surface area contributed by atoms with Gasteiger partial charge in [-0.15, -0.1) is 0 Å². The van der Waals surface area contributed by atoms with Crippen molar-refractivity contribution in [2.24, 2.45) is 5.92 Å². The van der Waals surface area contributed by atoms with Crippen LogP contribution in [0.1, 0.15) is 27.6 Å². The highest BCUT2D eigenvalue weighted by molar-refractivity contribution is 5.11. The van der Waals surface area contributed by atoms with E-state index in [0.29, 0.717) is 5.92 Å². The monoisotopic (exact) mass is 154 g/mol. The second-order valence-electron chi connectivity index (χ2n) is 3.21. The maximum atomic E-state index is 7.39. The first-order valence-electron chi connectivity index (χ1n) is 5.02. The third-order valence-corrected chi connectivity index (χ3v) is 2.29. The van der Waals surface area contributed by atoms with Crippen LogP contribution in [-0.4, -0.2) is 13.1 Å². The van der Waals surface area contributed by atoms with Crippen LogP contribution in [0.4, 0.5) is 0 Å². The summed E-state index contributed by atoms with van der Waals surface area (Å²) in [5.74, 6) is 0.557. The van der Waals surface area contributed by atoms with Crippen LogP contribution in [0.3, 0.4) is 0 Å². The van der Waals surface area contributed by atoms with Gasteiger partial charge in [0.1, 0.15) is 0 Å². The molecule has 62 valence electrons. The van der Waals surface area contributed by atoms with Crippen LogP contribution >= 0.6 is 0 Å². The lowest BCUT2D eigenvalue weighted by atomic mass is 9.86. The van der Waals surface area contributed by atoms with Gasteiger partial charge >= 0.3 is 0 Å². The van der Waals surface area contributed by atoms with Gasteiger partial charge in [0.15, 0.2) is 0 Å². The largest absolute Gasteiger partial charge is 0.392 e. The molecule has 0 radical (unpaired) electrons. The minimum absolute atomic E-state index is 0.557. The van der Waals surface area contributed by atoms with Crippen LogP contribution in [0.5, 0.6) is 0 Å². The third kappa shape index (κ3) is 2.19. The predicted octanol–water partition coefficient (Wildman–Crippen LogP) is 2.28. The van der Waals surface area contributed by atoms with E-state index in [2.05, 4.69) is 11.7 Å². The zero-order valence-corrected chi connectivity index (χ0v) is 6.97. The Balaban J connectivity index is 2.52. The van der Waals surface area contributed by atoms with E-state index < -0.39 is 6.58 Å². The molecule has 0 heterocycles. The van der Waals surface area contributed by atoms with Crippen LogP contribution < -0.4 is 0 Å². The zero-order valence-electron chi connectivity index (χ0n) is 8.97. The molecule has 1 rings (SSSR count). The Hall–Kier alpha value is -0.560. The molecule has 0 aliphatic heterocycles. The Bertz CT molecular complexity index is 223. The summed E-state index contributed by atoms with van der Waals surface area (Å²) in [6.07, 6.45) is 4.88. The summed E-state index contributed by atoms with van der Waals surface area (Å²) in [6, 6.07) is 0. The maximum absolute atomic E-state index is 7.39. The molecule has 2 atom stereocenters. The van der Waals surface area contributed by atoms with Gasteiger partial charge in [0, 0.05) is 0 Å². The van der Waals surface area contributed by atoms with E-state index in [1.54, 1.807) is 0 Å². The van der Waals surface area contributed by atoms with Crippen molar-refractivity contribution >= 4 is 0 Å². The summed E-state index contributed by atoms with van der Waals surface area (Å²) in [5, 5.41) is 4.21. The van der Waals surface area contributed by atoms with Gasteiger partial charge in [-0.05, 0) is 37.7 Å². The molecule has 0 aromatic carbocycles. The standard InChI is InChI=1S/C10H16O/c1-8(2)10-5-3-9(7-11)4-6-10/h3,10-11H,1,4-7H2,2H3/t10-/m1/s1/i7D,11D/t7?,10-. The van der Waals surface area contributed by atoms with Gasteiger partial charge in [0.2, 0.25) is 1.43 Å². The lowest BCUT2D eigenvalue weighted by Crippen LogP contribution is -2.07. The van der Waals surface area contributed by atoms with Crippen molar-refractivity contribution in [1.82, 2.24) is 0 Å². The van der Waals surface area contributed by atoms with E-state index in [1.807, 2.05) is 13.0 Å². The fourth-order valence-corrected chi connectivity index (χ4v) is 1.41. The summed E-state index contributed by atoms with van der Waals surface area (Å²) in [4.78, 5) is 0. The van der Waals surface area contributed by atoms with Gasteiger partial charge in [-0.1, -0.05) is 18.2 Å². The summed E-state index contributed by atoms with van der Waals surface area (Å²) in [7, 11) is 0. The first-order valence-corrected chi connectivity index (χ1v) is 4.03. The molecule has 1 nitrogen and oxygen atoms in total. The fraction of sp³-hybridized carbons (Fsp3) is 0.600. The first-order chi connectivity index (χ1) is 6.15. The first kappa shape index (κ1) is 6.01. The number of hydrogen-bond acceptors (Lipinski definition) is 1. The molecule has 0 fully saturated rings. The molecule has 0 saturated carbocycles. The van der Waals surface area contributed by atoms with Crippen molar-refractivity contribution < 1.29 is 6.48 Å². The van der Waals surface area contributed by atoms with E-state index in [1.165, 1.54) is 5.57 Å². The molecular formula is C10H16O. The van der Waals surface area contributed by atoms with Crippen molar-refractivity contribution in [3.05, 3.63) is 23.8 Å². The zero-order chi connectivity index (χ0) is 9.84. The number of aliphatic hydroxyl groups excluding tert-OH is 1. The highest BCUT2D eigenvalue weighted by Crippen LogP contribution is 2.27. The van der Waals surface area contributed by atoms with Crippen LogP contribution in [0.15, 0.2) is 23.8 Å². The smallest absolute Gasteiger partial charge is 0.211 e. The molecule has 0 aromatic rings. The Morgan fingerprint density at radius 1 is 2.09 bits per heavy atom. The number of rotatable bonds is 3. The van der Waals surface area contributed by atoms with E-state index >= 15 is 0 Å².